The molecule has 7 heteroatoms. The lowest BCUT2D eigenvalue weighted by molar-refractivity contribution is -0.117. The minimum absolute atomic E-state index is 0.00992. The SMILES string of the molecule is Cc1ccc(-c2csc(NC(=O)CN3CCN(Cc4ccco4)CC3)n2)cc1. The van der Waals surface area contributed by atoms with Gasteiger partial charge >= 0.3 is 0 Å². The highest BCUT2D eigenvalue weighted by Gasteiger charge is 2.20. The van der Waals surface area contributed by atoms with Crippen molar-refractivity contribution in [1.82, 2.24) is 14.8 Å². The number of nitrogens with zero attached hydrogens (tertiary/aromatic N) is 3. The summed E-state index contributed by atoms with van der Waals surface area (Å²) in [7, 11) is 0. The van der Waals surface area contributed by atoms with E-state index in [0.717, 1.165) is 49.7 Å². The van der Waals surface area contributed by atoms with Gasteiger partial charge < -0.3 is 9.73 Å². The molecule has 0 radical (unpaired) electrons. The number of carbonyl (C=O) groups excluding carboxylic acids is 1. The zero-order valence-corrected chi connectivity index (χ0v) is 16.7. The average molecular weight is 397 g/mol. The predicted molar refractivity (Wildman–Crippen MR) is 111 cm³/mol. The Labute approximate surface area is 168 Å². The summed E-state index contributed by atoms with van der Waals surface area (Å²) in [6.07, 6.45) is 1.71. The summed E-state index contributed by atoms with van der Waals surface area (Å²) >= 11 is 1.46. The van der Waals surface area contributed by atoms with Crippen LogP contribution in [0.15, 0.2) is 52.5 Å². The molecule has 1 N–H and O–H groups in total. The van der Waals surface area contributed by atoms with Crippen molar-refractivity contribution < 1.29 is 9.21 Å². The van der Waals surface area contributed by atoms with Crippen molar-refractivity contribution in [3.63, 3.8) is 0 Å². The topological polar surface area (TPSA) is 61.6 Å². The Hall–Kier alpha value is -2.48. The number of aryl methyl sites for hydroxylation is 1. The van der Waals surface area contributed by atoms with Gasteiger partial charge in [0.15, 0.2) is 5.13 Å². The van der Waals surface area contributed by atoms with Crippen LogP contribution in [0.4, 0.5) is 5.13 Å². The van der Waals surface area contributed by atoms with E-state index in [1.807, 2.05) is 17.5 Å². The van der Waals surface area contributed by atoms with Crippen molar-refractivity contribution in [3.05, 3.63) is 59.4 Å². The van der Waals surface area contributed by atoms with E-state index in [9.17, 15) is 4.79 Å². The van der Waals surface area contributed by atoms with Gasteiger partial charge in [0.05, 0.1) is 25.0 Å². The van der Waals surface area contributed by atoms with Gasteiger partial charge in [0.25, 0.3) is 0 Å². The van der Waals surface area contributed by atoms with E-state index in [4.69, 9.17) is 4.42 Å². The van der Waals surface area contributed by atoms with E-state index in [0.29, 0.717) is 11.7 Å². The number of amides is 1. The Morgan fingerprint density at radius 2 is 1.89 bits per heavy atom. The van der Waals surface area contributed by atoms with Gasteiger partial charge in [-0.25, -0.2) is 4.98 Å². The number of hydrogen-bond acceptors (Lipinski definition) is 6. The average Bonchev–Trinajstić information content (AvgIpc) is 3.36. The number of anilines is 1. The van der Waals surface area contributed by atoms with Crippen molar-refractivity contribution in [2.45, 2.75) is 13.5 Å². The third-order valence-electron chi connectivity index (χ3n) is 4.89. The maximum atomic E-state index is 12.4. The second-order valence-corrected chi connectivity index (χ2v) is 7.94. The van der Waals surface area contributed by atoms with Gasteiger partial charge in [0, 0.05) is 37.1 Å². The first-order valence-corrected chi connectivity index (χ1v) is 10.3. The van der Waals surface area contributed by atoms with Crippen molar-refractivity contribution in [2.24, 2.45) is 0 Å². The molecule has 1 aliphatic rings. The van der Waals surface area contributed by atoms with Crippen LogP contribution in [0.3, 0.4) is 0 Å². The number of carbonyl (C=O) groups is 1. The maximum absolute atomic E-state index is 12.4. The lowest BCUT2D eigenvalue weighted by Crippen LogP contribution is -2.48. The minimum Gasteiger partial charge on any atom is -0.468 e. The number of benzene rings is 1. The molecule has 0 spiro atoms. The van der Waals surface area contributed by atoms with E-state index in [-0.39, 0.29) is 5.91 Å². The van der Waals surface area contributed by atoms with Crippen molar-refractivity contribution in [1.29, 1.82) is 0 Å². The first kappa shape index (κ1) is 18.9. The molecule has 0 unspecified atom stereocenters. The highest BCUT2D eigenvalue weighted by molar-refractivity contribution is 7.14. The summed E-state index contributed by atoms with van der Waals surface area (Å²) in [6.45, 7) is 6.90. The molecule has 3 aromatic rings. The zero-order valence-electron chi connectivity index (χ0n) is 15.9. The van der Waals surface area contributed by atoms with Crippen molar-refractivity contribution in [2.75, 3.05) is 38.0 Å². The lowest BCUT2D eigenvalue weighted by Gasteiger charge is -2.33. The third kappa shape index (κ3) is 4.86. The Kier molecular flexibility index (Phi) is 5.85. The fraction of sp³-hybridized carbons (Fsp3) is 0.333. The molecule has 0 bridgehead atoms. The molecule has 1 aliphatic heterocycles. The molecule has 3 heterocycles. The van der Waals surface area contributed by atoms with E-state index in [2.05, 4.69) is 51.3 Å². The molecule has 0 atom stereocenters. The zero-order chi connectivity index (χ0) is 19.3. The number of rotatable bonds is 6. The first-order valence-electron chi connectivity index (χ1n) is 9.45. The molecule has 1 amide bonds. The van der Waals surface area contributed by atoms with E-state index >= 15 is 0 Å². The number of piperazine rings is 1. The van der Waals surface area contributed by atoms with Crippen molar-refractivity contribution in [3.8, 4) is 11.3 Å². The summed E-state index contributed by atoms with van der Waals surface area (Å²) < 4.78 is 5.41. The first-order chi connectivity index (χ1) is 13.7. The highest BCUT2D eigenvalue weighted by atomic mass is 32.1. The largest absolute Gasteiger partial charge is 0.468 e. The minimum atomic E-state index is -0.00992. The predicted octanol–water partition coefficient (Wildman–Crippen LogP) is 3.47. The van der Waals surface area contributed by atoms with Crippen LogP contribution in [0.2, 0.25) is 0 Å². The smallest absolute Gasteiger partial charge is 0.240 e. The van der Waals surface area contributed by atoms with Crippen LogP contribution in [0, 0.1) is 6.92 Å². The third-order valence-corrected chi connectivity index (χ3v) is 5.65. The van der Waals surface area contributed by atoms with Crippen LogP contribution >= 0.6 is 11.3 Å². The van der Waals surface area contributed by atoms with Crippen LogP contribution in [-0.4, -0.2) is 53.4 Å². The quantitative estimate of drug-likeness (QED) is 0.691. The van der Waals surface area contributed by atoms with E-state index in [1.54, 1.807) is 6.26 Å². The molecular formula is C21H24N4O2S. The fourth-order valence-corrected chi connectivity index (χ4v) is 4.01. The van der Waals surface area contributed by atoms with E-state index < -0.39 is 0 Å². The van der Waals surface area contributed by atoms with Gasteiger partial charge in [-0.2, -0.15) is 0 Å². The van der Waals surface area contributed by atoms with Crippen LogP contribution in [0.1, 0.15) is 11.3 Å². The van der Waals surface area contributed by atoms with Gasteiger partial charge in [-0.3, -0.25) is 14.6 Å². The molecule has 2 aromatic heterocycles. The summed E-state index contributed by atoms with van der Waals surface area (Å²) in [5.41, 5.74) is 3.18. The molecule has 4 rings (SSSR count). The van der Waals surface area contributed by atoms with Crippen LogP contribution in [0.25, 0.3) is 11.3 Å². The van der Waals surface area contributed by atoms with Gasteiger partial charge in [-0.1, -0.05) is 29.8 Å². The summed E-state index contributed by atoms with van der Waals surface area (Å²) in [6, 6.07) is 12.2. The van der Waals surface area contributed by atoms with Gasteiger partial charge in [0.1, 0.15) is 5.76 Å². The molecule has 28 heavy (non-hydrogen) atoms. The molecule has 0 saturated carbocycles. The number of aromatic nitrogens is 1. The molecule has 0 aliphatic carbocycles. The van der Waals surface area contributed by atoms with Crippen LogP contribution < -0.4 is 5.32 Å². The number of hydrogen-bond donors (Lipinski definition) is 1. The normalized spacial score (nSPS) is 15.6. The second kappa shape index (κ2) is 8.68. The highest BCUT2D eigenvalue weighted by Crippen LogP contribution is 2.25. The second-order valence-electron chi connectivity index (χ2n) is 7.08. The molecule has 1 aromatic carbocycles. The van der Waals surface area contributed by atoms with E-state index in [1.165, 1.54) is 16.9 Å². The number of thiazole rings is 1. The molecule has 1 saturated heterocycles. The van der Waals surface area contributed by atoms with Crippen molar-refractivity contribution >= 4 is 22.4 Å². The van der Waals surface area contributed by atoms with Gasteiger partial charge in [-0.05, 0) is 19.1 Å². The van der Waals surface area contributed by atoms with Gasteiger partial charge in [-0.15, -0.1) is 11.3 Å². The Bertz CT molecular complexity index is 897. The molecule has 146 valence electrons. The molecular weight excluding hydrogens is 372 g/mol. The Morgan fingerprint density at radius 3 is 2.61 bits per heavy atom. The number of nitrogens with one attached hydrogen (secondary N) is 1. The monoisotopic (exact) mass is 396 g/mol. The number of furan rings is 1. The van der Waals surface area contributed by atoms with Crippen LogP contribution in [0.5, 0.6) is 0 Å². The summed E-state index contributed by atoms with van der Waals surface area (Å²) in [5, 5.41) is 5.57. The fourth-order valence-electron chi connectivity index (χ4n) is 3.28. The Morgan fingerprint density at radius 1 is 1.14 bits per heavy atom. The molecule has 6 nitrogen and oxygen atoms in total. The molecule has 1 fully saturated rings. The maximum Gasteiger partial charge on any atom is 0.240 e. The van der Waals surface area contributed by atoms with Gasteiger partial charge in [0.2, 0.25) is 5.91 Å². The van der Waals surface area contributed by atoms with Crippen LogP contribution in [-0.2, 0) is 11.3 Å². The summed E-state index contributed by atoms with van der Waals surface area (Å²) in [4.78, 5) is 21.5. The summed E-state index contributed by atoms with van der Waals surface area (Å²) in [5.74, 6) is 0.976. The lowest BCUT2D eigenvalue weighted by atomic mass is 10.1. The standard InChI is InChI=1S/C21H24N4O2S/c1-16-4-6-17(7-5-16)19-15-28-21(22-19)23-20(26)14-25-10-8-24(9-11-25)13-18-3-2-12-27-18/h2-7,12,15H,8-11,13-14H2,1H3,(H,22,23,26). The Balaban J connectivity index is 1.24.